The Labute approximate surface area is 75.3 Å². The minimum absolute atomic E-state index is 0.370. The normalized spacial score (nSPS) is 11.2. The topological polar surface area (TPSA) is 77.8 Å². The molecular weight excluding hydrogens is 191 g/mol. The number of rotatable bonds is 2. The van der Waals surface area contributed by atoms with Crippen LogP contribution in [0, 0.1) is 0 Å². The molecular formula is C8H9O4P. The summed E-state index contributed by atoms with van der Waals surface area (Å²) in [6, 6.07) is 3.95. The number of hydrogen-bond acceptors (Lipinski definition) is 2. The van der Waals surface area contributed by atoms with Gasteiger partial charge in [-0.15, -0.1) is 0 Å². The van der Waals surface area contributed by atoms with Crippen LogP contribution in [0.1, 0.15) is 5.56 Å². The van der Waals surface area contributed by atoms with Gasteiger partial charge in [0, 0.05) is 0 Å². The van der Waals surface area contributed by atoms with E-state index in [0.29, 0.717) is 5.56 Å². The van der Waals surface area contributed by atoms with Crippen molar-refractivity contribution in [3.63, 3.8) is 0 Å². The van der Waals surface area contributed by atoms with Crippen LogP contribution in [0.5, 0.6) is 5.75 Å². The van der Waals surface area contributed by atoms with E-state index < -0.39 is 13.3 Å². The highest BCUT2D eigenvalue weighted by Gasteiger charge is 2.21. The van der Waals surface area contributed by atoms with E-state index >= 15 is 0 Å². The Hall–Kier alpha value is -1.09. The van der Waals surface area contributed by atoms with Gasteiger partial charge in [0.15, 0.2) is 0 Å². The maximum Gasteiger partial charge on any atom is 0.359 e. The SMILES string of the molecule is C=Cc1ccc(O)c(P(=O)(O)O)c1. The number of aromatic hydroxyl groups is 1. The minimum Gasteiger partial charge on any atom is -0.507 e. The summed E-state index contributed by atoms with van der Waals surface area (Å²) in [5.74, 6) is -0.404. The lowest BCUT2D eigenvalue weighted by Crippen LogP contribution is -2.04. The molecule has 1 aromatic carbocycles. The van der Waals surface area contributed by atoms with Gasteiger partial charge in [0.2, 0.25) is 0 Å². The zero-order valence-corrected chi connectivity index (χ0v) is 7.61. The summed E-state index contributed by atoms with van der Waals surface area (Å²) in [7, 11) is -4.39. The highest BCUT2D eigenvalue weighted by molar-refractivity contribution is 7.60. The van der Waals surface area contributed by atoms with Crippen molar-refractivity contribution in [3.05, 3.63) is 30.3 Å². The van der Waals surface area contributed by atoms with Crippen LogP contribution in [0.2, 0.25) is 0 Å². The molecule has 0 aliphatic heterocycles. The van der Waals surface area contributed by atoms with E-state index in [0.717, 1.165) is 0 Å². The molecule has 0 aromatic heterocycles. The molecule has 0 spiro atoms. The first-order chi connectivity index (χ1) is 5.95. The second-order valence-corrected chi connectivity index (χ2v) is 4.07. The highest BCUT2D eigenvalue weighted by atomic mass is 31.2. The molecule has 0 aliphatic rings. The Morgan fingerprint density at radius 1 is 1.38 bits per heavy atom. The second kappa shape index (κ2) is 3.34. The first kappa shape index (κ1) is 9.99. The van der Waals surface area contributed by atoms with Gasteiger partial charge < -0.3 is 14.9 Å². The molecule has 13 heavy (non-hydrogen) atoms. The summed E-state index contributed by atoms with van der Waals surface area (Å²) in [5, 5.41) is 8.77. The Morgan fingerprint density at radius 3 is 2.46 bits per heavy atom. The lowest BCUT2D eigenvalue weighted by atomic mass is 10.2. The zero-order valence-electron chi connectivity index (χ0n) is 6.71. The minimum atomic E-state index is -4.39. The summed E-state index contributed by atoms with van der Waals surface area (Å²) >= 11 is 0. The van der Waals surface area contributed by atoms with Crippen LogP contribution in [-0.4, -0.2) is 14.9 Å². The van der Waals surface area contributed by atoms with Gasteiger partial charge in [0.1, 0.15) is 11.1 Å². The molecule has 3 N–H and O–H groups in total. The van der Waals surface area contributed by atoms with Crippen LogP contribution in [0.4, 0.5) is 0 Å². The molecule has 0 amide bonds. The molecule has 0 heterocycles. The Kier molecular flexibility index (Phi) is 2.57. The van der Waals surface area contributed by atoms with E-state index in [4.69, 9.17) is 14.9 Å². The van der Waals surface area contributed by atoms with Gasteiger partial charge in [0.25, 0.3) is 0 Å². The molecule has 0 aliphatic carbocycles. The van der Waals surface area contributed by atoms with Gasteiger partial charge in [-0.25, -0.2) is 0 Å². The van der Waals surface area contributed by atoms with Crippen LogP contribution in [-0.2, 0) is 4.57 Å². The van der Waals surface area contributed by atoms with Gasteiger partial charge in [-0.05, 0) is 17.7 Å². The molecule has 0 radical (unpaired) electrons. The fourth-order valence-corrected chi connectivity index (χ4v) is 1.59. The molecule has 0 atom stereocenters. The number of benzene rings is 1. The van der Waals surface area contributed by atoms with Gasteiger partial charge in [-0.2, -0.15) is 0 Å². The Morgan fingerprint density at radius 2 is 2.00 bits per heavy atom. The second-order valence-electron chi connectivity index (χ2n) is 2.50. The standard InChI is InChI=1S/C8H9O4P/c1-2-6-3-4-7(9)8(5-6)13(10,11)12/h2-5,9H,1H2,(H2,10,11,12). The predicted molar refractivity (Wildman–Crippen MR) is 49.9 cm³/mol. The molecule has 1 rings (SSSR count). The Bertz CT molecular complexity index is 380. The van der Waals surface area contributed by atoms with Crippen molar-refractivity contribution in [1.82, 2.24) is 0 Å². The van der Waals surface area contributed by atoms with Gasteiger partial charge >= 0.3 is 7.60 Å². The molecule has 4 nitrogen and oxygen atoms in total. The lowest BCUT2D eigenvalue weighted by Gasteiger charge is -2.06. The number of hydrogen-bond donors (Lipinski definition) is 3. The van der Waals surface area contributed by atoms with Crippen molar-refractivity contribution in [2.75, 3.05) is 0 Å². The zero-order chi connectivity index (χ0) is 10.1. The fraction of sp³-hybridized carbons (Fsp3) is 0. The third-order valence-electron chi connectivity index (χ3n) is 1.55. The van der Waals surface area contributed by atoms with Gasteiger partial charge in [-0.3, -0.25) is 4.57 Å². The number of phenolic OH excluding ortho intramolecular Hbond substituents is 1. The molecule has 70 valence electrons. The molecule has 0 bridgehead atoms. The average Bonchev–Trinajstić information content (AvgIpc) is 2.03. The van der Waals surface area contributed by atoms with Crippen LogP contribution < -0.4 is 5.30 Å². The molecule has 0 fully saturated rings. The monoisotopic (exact) mass is 200 g/mol. The first-order valence-corrected chi connectivity index (χ1v) is 5.08. The van der Waals surface area contributed by atoms with Crippen molar-refractivity contribution in [2.45, 2.75) is 0 Å². The summed E-state index contributed by atoms with van der Waals surface area (Å²) in [6.07, 6.45) is 1.44. The van der Waals surface area contributed by atoms with E-state index in [1.165, 1.54) is 24.3 Å². The van der Waals surface area contributed by atoms with E-state index in [9.17, 15) is 4.57 Å². The fourth-order valence-electron chi connectivity index (χ4n) is 0.901. The van der Waals surface area contributed by atoms with E-state index in [1.54, 1.807) is 0 Å². The van der Waals surface area contributed by atoms with Crippen molar-refractivity contribution in [3.8, 4) is 5.75 Å². The molecule has 0 unspecified atom stereocenters. The molecule has 1 aromatic rings. The van der Waals surface area contributed by atoms with Gasteiger partial charge in [0.05, 0.1) is 0 Å². The summed E-state index contributed by atoms with van der Waals surface area (Å²) in [5.41, 5.74) is 0.552. The maximum absolute atomic E-state index is 10.8. The molecule has 0 saturated heterocycles. The summed E-state index contributed by atoms with van der Waals surface area (Å²) < 4.78 is 10.8. The maximum atomic E-state index is 10.8. The van der Waals surface area contributed by atoms with Crippen LogP contribution in [0.25, 0.3) is 6.08 Å². The Balaban J connectivity index is 3.35. The van der Waals surface area contributed by atoms with E-state index in [1.807, 2.05) is 0 Å². The summed E-state index contributed by atoms with van der Waals surface area (Å²) in [4.78, 5) is 17.6. The lowest BCUT2D eigenvalue weighted by molar-refractivity contribution is 0.384. The van der Waals surface area contributed by atoms with Crippen molar-refractivity contribution in [2.24, 2.45) is 0 Å². The van der Waals surface area contributed by atoms with Crippen LogP contribution in [0.15, 0.2) is 24.8 Å². The van der Waals surface area contributed by atoms with Crippen LogP contribution in [0.3, 0.4) is 0 Å². The first-order valence-electron chi connectivity index (χ1n) is 3.46. The van der Waals surface area contributed by atoms with Crippen molar-refractivity contribution >= 4 is 19.0 Å². The average molecular weight is 200 g/mol. The molecule has 0 saturated carbocycles. The quantitative estimate of drug-likeness (QED) is 0.618. The highest BCUT2D eigenvalue weighted by Crippen LogP contribution is 2.37. The smallest absolute Gasteiger partial charge is 0.359 e. The summed E-state index contributed by atoms with van der Waals surface area (Å²) in [6.45, 7) is 3.45. The van der Waals surface area contributed by atoms with Crippen LogP contribution >= 0.6 is 7.60 Å². The third-order valence-corrected chi connectivity index (χ3v) is 2.53. The van der Waals surface area contributed by atoms with Gasteiger partial charge in [-0.1, -0.05) is 18.7 Å². The number of phenols is 1. The van der Waals surface area contributed by atoms with E-state index in [2.05, 4.69) is 6.58 Å². The van der Waals surface area contributed by atoms with E-state index in [-0.39, 0.29) is 5.30 Å². The molecule has 5 heteroatoms. The predicted octanol–water partition coefficient (Wildman–Crippen LogP) is 0.838. The van der Waals surface area contributed by atoms with Crippen molar-refractivity contribution in [1.29, 1.82) is 0 Å². The third kappa shape index (κ3) is 2.18. The van der Waals surface area contributed by atoms with Crippen molar-refractivity contribution < 1.29 is 19.5 Å². The largest absolute Gasteiger partial charge is 0.507 e.